The number of nitro groups is 1. The molecular formula is C49H55ClN6O7S. The summed E-state index contributed by atoms with van der Waals surface area (Å²) in [6, 6.07) is 24.4. The number of carbonyl (C=O) groups is 1. The van der Waals surface area contributed by atoms with Crippen molar-refractivity contribution in [2.45, 2.75) is 63.7 Å². The maximum Gasteiger partial charge on any atom is 0.293 e. The van der Waals surface area contributed by atoms with Gasteiger partial charge in [0.15, 0.2) is 0 Å². The van der Waals surface area contributed by atoms with Crippen LogP contribution in [0.25, 0.3) is 16.5 Å². The molecule has 3 fully saturated rings. The van der Waals surface area contributed by atoms with Gasteiger partial charge in [0.25, 0.3) is 21.6 Å². The van der Waals surface area contributed by atoms with Crippen molar-refractivity contribution >= 4 is 61.1 Å². The van der Waals surface area contributed by atoms with Crippen molar-refractivity contribution in [3.05, 3.63) is 123 Å². The number of nitrogens with zero attached hydrogens (tertiary/aromatic N) is 3. The molecule has 3 heterocycles. The number of amides is 1. The predicted molar refractivity (Wildman–Crippen MR) is 251 cm³/mol. The maximum absolute atomic E-state index is 14.0. The minimum Gasteiger partial charge on any atom is -0.456 e. The van der Waals surface area contributed by atoms with Gasteiger partial charge in [-0.15, -0.1) is 0 Å². The molecule has 13 nitrogen and oxygen atoms in total. The van der Waals surface area contributed by atoms with Crippen LogP contribution in [-0.4, -0.2) is 81.6 Å². The average molecular weight is 908 g/mol. The molecule has 3 N–H and O–H groups in total. The molecule has 15 heteroatoms. The van der Waals surface area contributed by atoms with Gasteiger partial charge in [0.2, 0.25) is 0 Å². The molecule has 2 aliphatic heterocycles. The largest absolute Gasteiger partial charge is 0.456 e. The van der Waals surface area contributed by atoms with Gasteiger partial charge in [-0.1, -0.05) is 43.2 Å². The van der Waals surface area contributed by atoms with Gasteiger partial charge in [-0.05, 0) is 128 Å². The van der Waals surface area contributed by atoms with Gasteiger partial charge in [-0.25, -0.2) is 13.1 Å². The Kier molecular flexibility index (Phi) is 12.2. The summed E-state index contributed by atoms with van der Waals surface area (Å²) < 4.78 is 41.5. The third-order valence-corrected chi connectivity index (χ3v) is 15.3. The Morgan fingerprint density at radius 1 is 0.953 bits per heavy atom. The van der Waals surface area contributed by atoms with Crippen LogP contribution in [0.2, 0.25) is 5.02 Å². The zero-order valence-electron chi connectivity index (χ0n) is 36.3. The van der Waals surface area contributed by atoms with Crippen LogP contribution in [0.3, 0.4) is 0 Å². The zero-order valence-corrected chi connectivity index (χ0v) is 37.9. The van der Waals surface area contributed by atoms with Crippen molar-refractivity contribution < 1.29 is 27.6 Å². The fourth-order valence-electron chi connectivity index (χ4n) is 9.74. The monoisotopic (exact) mass is 906 g/mol. The summed E-state index contributed by atoms with van der Waals surface area (Å²) in [6.07, 6.45) is 9.17. The molecule has 1 amide bonds. The van der Waals surface area contributed by atoms with Gasteiger partial charge in [0.1, 0.15) is 17.2 Å². The summed E-state index contributed by atoms with van der Waals surface area (Å²) in [6.45, 7) is 10.9. The first-order chi connectivity index (χ1) is 30.7. The number of carbonyl (C=O) groups excluding carboxylic acids is 1. The number of allylic oxidation sites excluding steroid dienone is 1. The minimum absolute atomic E-state index is 0.00229. The van der Waals surface area contributed by atoms with E-state index in [1.165, 1.54) is 28.8 Å². The number of piperazine rings is 1. The molecule has 1 aromatic heterocycles. The number of anilines is 2. The Hall–Kier alpha value is -5.41. The fraction of sp³-hybridized carbons (Fsp3) is 0.408. The van der Waals surface area contributed by atoms with Crippen LogP contribution in [0.5, 0.6) is 11.5 Å². The highest BCUT2D eigenvalue weighted by Crippen LogP contribution is 2.45. The molecule has 4 aliphatic rings. The van der Waals surface area contributed by atoms with Gasteiger partial charge in [-0.2, -0.15) is 0 Å². The van der Waals surface area contributed by atoms with Crippen LogP contribution in [-0.2, 0) is 14.8 Å². The molecular weight excluding hydrogens is 852 g/mol. The smallest absolute Gasteiger partial charge is 0.293 e. The normalized spacial score (nSPS) is 19.1. The summed E-state index contributed by atoms with van der Waals surface area (Å²) in [7, 11) is -4.54. The number of halogens is 1. The van der Waals surface area contributed by atoms with Crippen molar-refractivity contribution in [3.63, 3.8) is 0 Å². The lowest BCUT2D eigenvalue weighted by molar-refractivity contribution is -0.384. The van der Waals surface area contributed by atoms with Crippen LogP contribution >= 0.6 is 11.6 Å². The fourth-order valence-corrected chi connectivity index (χ4v) is 10.9. The lowest BCUT2D eigenvalue weighted by Gasteiger charge is -2.46. The number of H-pyrrole nitrogens is 1. The number of ether oxygens (including phenoxy) is 2. The molecule has 0 bridgehead atoms. The van der Waals surface area contributed by atoms with E-state index in [2.05, 4.69) is 50.8 Å². The third-order valence-electron chi connectivity index (χ3n) is 13.8. The molecule has 64 heavy (non-hydrogen) atoms. The quantitative estimate of drug-likeness (QED) is 0.0767. The molecule has 2 saturated heterocycles. The van der Waals surface area contributed by atoms with Gasteiger partial charge in [0.05, 0.1) is 28.6 Å². The Balaban J connectivity index is 0.909. The number of rotatable bonds is 13. The Bertz CT molecular complexity index is 2700. The number of aromatic amines is 1. The van der Waals surface area contributed by atoms with E-state index in [1.807, 2.05) is 36.5 Å². The molecule has 4 aromatic carbocycles. The molecule has 0 unspecified atom stereocenters. The first-order valence-corrected chi connectivity index (χ1v) is 24.1. The van der Waals surface area contributed by atoms with E-state index in [-0.39, 0.29) is 28.1 Å². The predicted octanol–water partition coefficient (Wildman–Crippen LogP) is 10.0. The van der Waals surface area contributed by atoms with Crippen molar-refractivity contribution in [1.82, 2.24) is 14.6 Å². The summed E-state index contributed by atoms with van der Waals surface area (Å²) in [4.78, 5) is 33.1. The lowest BCUT2D eigenvalue weighted by atomic mass is 9.69. The van der Waals surface area contributed by atoms with E-state index in [9.17, 15) is 23.3 Å². The highest BCUT2D eigenvalue weighted by Gasteiger charge is 2.41. The summed E-state index contributed by atoms with van der Waals surface area (Å²) in [5.41, 5.74) is 6.24. The summed E-state index contributed by atoms with van der Waals surface area (Å²) in [5.74, 6) is 0.0631. The maximum atomic E-state index is 14.0. The van der Waals surface area contributed by atoms with Crippen molar-refractivity contribution in [2.75, 3.05) is 62.7 Å². The standard InChI is InChI=1S/C49H55ClN6O7S/c1-48(2)17-15-36(42(28-48)34-3-5-37(50)6-4-34)30-54-21-23-55(24-22-54)38-7-10-41(46(26-38)63-39-8-11-43-35(25-39)16-20-51-43)47(57)53-64(60,61)40-9-12-44(45(27-40)56(58)59)52-29-33-13-18-49(19-14-33)31-62-32-49/h3-12,16,20,25-27,33,51-52H,13-15,17-19,21-24,28-32H2,1-2H3,(H,53,57). The summed E-state index contributed by atoms with van der Waals surface area (Å²) >= 11 is 6.25. The molecule has 1 spiro atoms. The first-order valence-electron chi connectivity index (χ1n) is 22.2. The van der Waals surface area contributed by atoms with Crippen LogP contribution in [0.4, 0.5) is 17.1 Å². The van der Waals surface area contributed by atoms with Gasteiger partial charge in [0, 0.05) is 84.6 Å². The molecule has 9 rings (SSSR count). The van der Waals surface area contributed by atoms with Gasteiger partial charge in [-0.3, -0.25) is 19.8 Å². The minimum atomic E-state index is -4.54. The van der Waals surface area contributed by atoms with Crippen molar-refractivity contribution in [3.8, 4) is 11.5 Å². The van der Waals surface area contributed by atoms with Gasteiger partial charge >= 0.3 is 0 Å². The number of nitrogens with one attached hydrogen (secondary N) is 3. The van der Waals surface area contributed by atoms with Crippen LogP contribution in [0.15, 0.2) is 102 Å². The molecule has 0 radical (unpaired) electrons. The molecule has 2 aliphatic carbocycles. The van der Waals surface area contributed by atoms with E-state index >= 15 is 0 Å². The zero-order chi connectivity index (χ0) is 44.6. The number of fused-ring (bicyclic) bond motifs is 1. The first kappa shape index (κ1) is 43.8. The Morgan fingerprint density at radius 3 is 2.44 bits per heavy atom. The highest BCUT2D eigenvalue weighted by molar-refractivity contribution is 7.90. The van der Waals surface area contributed by atoms with E-state index in [0.29, 0.717) is 23.6 Å². The van der Waals surface area contributed by atoms with Crippen LogP contribution < -0.4 is 19.7 Å². The number of sulfonamides is 1. The molecule has 1 saturated carbocycles. The van der Waals surface area contributed by atoms with Crippen molar-refractivity contribution in [2.24, 2.45) is 16.7 Å². The van der Waals surface area contributed by atoms with Crippen LogP contribution in [0, 0.1) is 26.9 Å². The van der Waals surface area contributed by atoms with E-state index < -0.39 is 25.7 Å². The second-order valence-electron chi connectivity index (χ2n) is 18.9. The van der Waals surface area contributed by atoms with E-state index in [1.54, 1.807) is 24.3 Å². The second-order valence-corrected chi connectivity index (χ2v) is 21.0. The Morgan fingerprint density at radius 2 is 1.72 bits per heavy atom. The lowest BCUT2D eigenvalue weighted by Crippen LogP contribution is -2.47. The number of nitro benzene ring substituents is 1. The van der Waals surface area contributed by atoms with E-state index in [0.717, 1.165) is 119 Å². The topological polar surface area (TPSA) is 159 Å². The summed E-state index contributed by atoms with van der Waals surface area (Å²) in [5, 5.41) is 17.0. The van der Waals surface area contributed by atoms with Crippen LogP contribution in [0.1, 0.15) is 74.7 Å². The third kappa shape index (κ3) is 9.65. The molecule has 0 atom stereocenters. The number of aromatic nitrogens is 1. The van der Waals surface area contributed by atoms with E-state index in [4.69, 9.17) is 21.1 Å². The SMILES string of the molecule is CC1(C)CCC(CN2CCN(c3ccc(C(=O)NS(=O)(=O)c4ccc(NCC5CCC6(CC5)COC6)c([N+](=O)[O-])c4)c(Oc4ccc5[nH]ccc5c4)c3)CC2)=C(c2ccc(Cl)cc2)C1. The number of benzene rings is 4. The van der Waals surface area contributed by atoms with Crippen molar-refractivity contribution in [1.29, 1.82) is 0 Å². The Labute approximate surface area is 379 Å². The number of hydrogen-bond acceptors (Lipinski definition) is 10. The average Bonchev–Trinajstić information content (AvgIpc) is 3.74. The highest BCUT2D eigenvalue weighted by atomic mass is 35.5. The van der Waals surface area contributed by atoms with Gasteiger partial charge < -0.3 is 24.7 Å². The second kappa shape index (κ2) is 17.9. The number of hydrogen-bond donors (Lipinski definition) is 3. The molecule has 336 valence electrons. The molecule has 5 aromatic rings.